The molecule has 1 heterocycles. The van der Waals surface area contributed by atoms with Crippen LogP contribution in [0.3, 0.4) is 0 Å². The normalized spacial score (nSPS) is 14.4. The fraction of sp³-hybridized carbons (Fsp3) is 0.474. The van der Waals surface area contributed by atoms with Crippen LogP contribution in [-0.4, -0.2) is 53.6 Å². The first kappa shape index (κ1) is 23.6. The Morgan fingerprint density at radius 3 is 2.53 bits per heavy atom. The standard InChI is InChI=1S/C19H23ClN2O8/c20-12-5-6-15-14(8-12)16(22(29)30)11-21(15)7-3-1-2-4-13(23)9-19(28,18(26)27)10-17(24)25/h5-6,8,11,13,23,28H,1-4,7,9-10H2,(H,24,25)(H,26,27)/t13-,19+/m0/s1. The number of aromatic nitrogens is 1. The second kappa shape index (κ2) is 9.88. The quantitative estimate of drug-likeness (QED) is 0.221. The number of aliphatic hydroxyl groups is 2. The molecule has 0 aliphatic heterocycles. The van der Waals surface area contributed by atoms with Gasteiger partial charge in [-0.3, -0.25) is 14.9 Å². The maximum Gasteiger partial charge on any atom is 0.336 e. The zero-order valence-electron chi connectivity index (χ0n) is 16.0. The molecule has 0 bridgehead atoms. The average Bonchev–Trinajstić information content (AvgIpc) is 2.98. The van der Waals surface area contributed by atoms with E-state index >= 15 is 0 Å². The second-order valence-corrected chi connectivity index (χ2v) is 7.68. The average molecular weight is 443 g/mol. The largest absolute Gasteiger partial charge is 0.481 e. The summed E-state index contributed by atoms with van der Waals surface area (Å²) < 4.78 is 1.76. The highest BCUT2D eigenvalue weighted by Crippen LogP contribution is 2.30. The number of aryl methyl sites for hydroxylation is 1. The molecule has 2 rings (SSSR count). The molecule has 0 unspecified atom stereocenters. The predicted molar refractivity (Wildman–Crippen MR) is 108 cm³/mol. The molecule has 0 amide bonds. The van der Waals surface area contributed by atoms with Crippen molar-refractivity contribution in [2.75, 3.05) is 0 Å². The molecule has 2 atom stereocenters. The van der Waals surface area contributed by atoms with Gasteiger partial charge < -0.3 is 25.0 Å². The topological polar surface area (TPSA) is 163 Å². The van der Waals surface area contributed by atoms with Crippen molar-refractivity contribution in [3.63, 3.8) is 0 Å². The predicted octanol–water partition coefficient (Wildman–Crippen LogP) is 2.80. The zero-order valence-corrected chi connectivity index (χ0v) is 16.8. The van der Waals surface area contributed by atoms with Crippen molar-refractivity contribution in [2.45, 2.75) is 56.8 Å². The van der Waals surface area contributed by atoms with Crippen LogP contribution in [0.4, 0.5) is 5.69 Å². The minimum atomic E-state index is -2.52. The van der Waals surface area contributed by atoms with Crippen LogP contribution in [0.5, 0.6) is 0 Å². The van der Waals surface area contributed by atoms with Crippen LogP contribution in [0.25, 0.3) is 10.9 Å². The van der Waals surface area contributed by atoms with Gasteiger partial charge in [-0.15, -0.1) is 0 Å². The molecular formula is C19H23ClN2O8. The molecule has 0 spiro atoms. The summed E-state index contributed by atoms with van der Waals surface area (Å²) in [6, 6.07) is 4.91. The van der Waals surface area contributed by atoms with E-state index in [4.69, 9.17) is 21.8 Å². The van der Waals surface area contributed by atoms with Crippen LogP contribution < -0.4 is 0 Å². The molecule has 4 N–H and O–H groups in total. The number of hydrogen-bond donors (Lipinski definition) is 4. The second-order valence-electron chi connectivity index (χ2n) is 7.24. The lowest BCUT2D eigenvalue weighted by molar-refractivity contribution is -0.383. The summed E-state index contributed by atoms with van der Waals surface area (Å²) in [5.74, 6) is -3.16. The minimum Gasteiger partial charge on any atom is -0.481 e. The van der Waals surface area contributed by atoms with Crippen LogP contribution in [0.15, 0.2) is 24.4 Å². The van der Waals surface area contributed by atoms with Gasteiger partial charge in [-0.25, -0.2) is 4.79 Å². The van der Waals surface area contributed by atoms with Crippen molar-refractivity contribution in [2.24, 2.45) is 0 Å². The van der Waals surface area contributed by atoms with E-state index in [-0.39, 0.29) is 12.1 Å². The summed E-state index contributed by atoms with van der Waals surface area (Å²) in [7, 11) is 0. The number of nitrogens with zero attached hydrogens (tertiary/aromatic N) is 2. The molecule has 164 valence electrons. The van der Waals surface area contributed by atoms with Crippen LogP contribution in [0.1, 0.15) is 38.5 Å². The van der Waals surface area contributed by atoms with Gasteiger partial charge in [-0.1, -0.05) is 24.4 Å². The summed E-state index contributed by atoms with van der Waals surface area (Å²) in [6.45, 7) is 0.500. The number of fused-ring (bicyclic) bond motifs is 1. The fourth-order valence-electron chi connectivity index (χ4n) is 3.40. The third-order valence-electron chi connectivity index (χ3n) is 4.87. The molecule has 1 aromatic carbocycles. The first-order valence-electron chi connectivity index (χ1n) is 9.32. The van der Waals surface area contributed by atoms with Gasteiger partial charge >= 0.3 is 11.9 Å². The van der Waals surface area contributed by atoms with Crippen molar-refractivity contribution in [3.8, 4) is 0 Å². The highest BCUT2D eigenvalue weighted by atomic mass is 35.5. The van der Waals surface area contributed by atoms with E-state index in [0.29, 0.717) is 41.7 Å². The highest BCUT2D eigenvalue weighted by molar-refractivity contribution is 6.31. The van der Waals surface area contributed by atoms with Gasteiger partial charge in [-0.05, 0) is 31.0 Å². The van der Waals surface area contributed by atoms with Gasteiger partial charge in [0.15, 0.2) is 5.60 Å². The number of benzene rings is 1. The van der Waals surface area contributed by atoms with E-state index in [9.17, 15) is 29.9 Å². The van der Waals surface area contributed by atoms with Gasteiger partial charge in [-0.2, -0.15) is 0 Å². The number of carboxylic acid groups (broad SMARTS) is 2. The smallest absolute Gasteiger partial charge is 0.336 e. The third-order valence-corrected chi connectivity index (χ3v) is 5.11. The van der Waals surface area contributed by atoms with Crippen molar-refractivity contribution >= 4 is 40.1 Å². The number of carbonyl (C=O) groups is 2. The molecular weight excluding hydrogens is 420 g/mol. The highest BCUT2D eigenvalue weighted by Gasteiger charge is 2.40. The number of nitro groups is 1. The van der Waals surface area contributed by atoms with E-state index in [1.807, 2.05) is 0 Å². The van der Waals surface area contributed by atoms with Crippen LogP contribution in [-0.2, 0) is 16.1 Å². The molecule has 0 aliphatic rings. The molecule has 30 heavy (non-hydrogen) atoms. The summed E-state index contributed by atoms with van der Waals surface area (Å²) in [6.07, 6.45) is 0.702. The van der Waals surface area contributed by atoms with E-state index in [2.05, 4.69) is 0 Å². The molecule has 0 aliphatic carbocycles. The summed E-state index contributed by atoms with van der Waals surface area (Å²) >= 11 is 5.93. The molecule has 0 saturated carbocycles. The Morgan fingerprint density at radius 2 is 1.93 bits per heavy atom. The van der Waals surface area contributed by atoms with Gasteiger partial charge in [0, 0.05) is 18.0 Å². The van der Waals surface area contributed by atoms with Crippen LogP contribution >= 0.6 is 11.6 Å². The van der Waals surface area contributed by atoms with Gasteiger partial charge in [0.2, 0.25) is 0 Å². The number of aliphatic carboxylic acids is 2. The number of hydrogen-bond acceptors (Lipinski definition) is 6. The van der Waals surface area contributed by atoms with Crippen LogP contribution in [0.2, 0.25) is 5.02 Å². The van der Waals surface area contributed by atoms with E-state index in [1.54, 1.807) is 22.8 Å². The molecule has 0 saturated heterocycles. The lowest BCUT2D eigenvalue weighted by Crippen LogP contribution is -2.43. The van der Waals surface area contributed by atoms with E-state index in [0.717, 1.165) is 0 Å². The molecule has 0 fully saturated rings. The zero-order chi connectivity index (χ0) is 22.5. The Bertz CT molecular complexity index is 944. The van der Waals surface area contributed by atoms with Gasteiger partial charge in [0.05, 0.1) is 34.5 Å². The van der Waals surface area contributed by atoms with Crippen LogP contribution in [0, 0.1) is 10.1 Å². The Morgan fingerprint density at radius 1 is 1.23 bits per heavy atom. The van der Waals surface area contributed by atoms with Gasteiger partial charge in [0.1, 0.15) is 0 Å². The Balaban J connectivity index is 1.88. The number of carboxylic acids is 2. The minimum absolute atomic E-state index is 0.0330. The molecule has 2 aromatic rings. The third kappa shape index (κ3) is 5.91. The van der Waals surface area contributed by atoms with E-state index in [1.165, 1.54) is 6.20 Å². The van der Waals surface area contributed by atoms with Crippen molar-refractivity contribution in [3.05, 3.63) is 39.5 Å². The van der Waals surface area contributed by atoms with Crippen molar-refractivity contribution < 1.29 is 34.9 Å². The van der Waals surface area contributed by atoms with Crippen molar-refractivity contribution in [1.82, 2.24) is 4.57 Å². The Labute approximate surface area is 176 Å². The molecule has 0 radical (unpaired) electrons. The first-order valence-corrected chi connectivity index (χ1v) is 9.69. The van der Waals surface area contributed by atoms with Crippen molar-refractivity contribution in [1.29, 1.82) is 0 Å². The first-order chi connectivity index (χ1) is 14.0. The fourth-order valence-corrected chi connectivity index (χ4v) is 3.57. The monoisotopic (exact) mass is 442 g/mol. The molecule has 10 nitrogen and oxygen atoms in total. The lowest BCUT2D eigenvalue weighted by Gasteiger charge is -2.24. The SMILES string of the molecule is O=C(O)C[C@](O)(C[C@@H](O)CCCCCn1cc([N+](=O)[O-])c2cc(Cl)ccc21)C(=O)O. The summed E-state index contributed by atoms with van der Waals surface area (Å²) in [5, 5.41) is 49.8. The number of unbranched alkanes of at least 4 members (excludes halogenated alkanes) is 2. The number of rotatable bonds is 12. The Kier molecular flexibility index (Phi) is 7.77. The molecule has 11 heteroatoms. The molecule has 1 aromatic heterocycles. The number of aliphatic hydroxyl groups excluding tert-OH is 1. The Hall–Kier alpha value is -2.69. The van der Waals surface area contributed by atoms with E-state index < -0.39 is 41.4 Å². The maximum absolute atomic E-state index is 11.2. The number of halogens is 1. The summed E-state index contributed by atoms with van der Waals surface area (Å²) in [4.78, 5) is 32.6. The van der Waals surface area contributed by atoms with Gasteiger partial charge in [0.25, 0.3) is 5.69 Å². The summed E-state index contributed by atoms with van der Waals surface area (Å²) in [5.41, 5.74) is -1.86. The maximum atomic E-state index is 11.2. The lowest BCUT2D eigenvalue weighted by atomic mass is 9.90.